The molecule has 6 aliphatic rings. The molecule has 7 aromatic carbocycles. The summed E-state index contributed by atoms with van der Waals surface area (Å²) in [5.41, 5.74) is 31.0. The van der Waals surface area contributed by atoms with E-state index in [1.54, 1.807) is 44.5 Å². The average molecular weight is 789 g/mol. The van der Waals surface area contributed by atoms with E-state index in [9.17, 15) is 0 Å². The zero-order valence-electron chi connectivity index (χ0n) is 35.4. The van der Waals surface area contributed by atoms with Gasteiger partial charge in [-0.3, -0.25) is 0 Å². The zero-order chi connectivity index (χ0) is 40.0. The number of hydrogen-bond donors (Lipinski definition) is 0. The number of aryl methyl sites for hydroxylation is 4. The zero-order valence-corrected chi connectivity index (χ0v) is 35.4. The maximum absolute atomic E-state index is 2.81. The SMILES string of the molecule is c1ccc(-c2ccc3c(c2)B2c4cc(-c5ccccc5)ccc4N(c4c5c(cc6c4CCCC6)CCCC5)c4cccc(c42)N3c2c3c(cc4c2CCCC4)CCCC3)cc1. The van der Waals surface area contributed by atoms with Crippen LogP contribution in [0.5, 0.6) is 0 Å². The van der Waals surface area contributed by atoms with E-state index in [0.29, 0.717) is 0 Å². The summed E-state index contributed by atoms with van der Waals surface area (Å²) in [7, 11) is 0. The smallest absolute Gasteiger partial charge is 0.252 e. The Morgan fingerprint density at radius 1 is 0.311 bits per heavy atom. The molecule has 61 heavy (non-hydrogen) atoms. The van der Waals surface area contributed by atoms with Gasteiger partial charge < -0.3 is 9.80 Å². The number of nitrogens with zero attached hydrogens (tertiary/aromatic N) is 2. The van der Waals surface area contributed by atoms with E-state index in [1.807, 2.05) is 0 Å². The summed E-state index contributed by atoms with van der Waals surface area (Å²) >= 11 is 0. The van der Waals surface area contributed by atoms with Gasteiger partial charge in [0.25, 0.3) is 6.71 Å². The summed E-state index contributed by atoms with van der Waals surface area (Å²) in [4.78, 5) is 5.63. The third kappa shape index (κ3) is 5.61. The van der Waals surface area contributed by atoms with Crippen LogP contribution in [0.1, 0.15) is 95.9 Å². The lowest BCUT2D eigenvalue weighted by atomic mass is 9.33. The van der Waals surface area contributed by atoms with Gasteiger partial charge in [0, 0.05) is 22.7 Å². The predicted molar refractivity (Wildman–Crippen MR) is 258 cm³/mol. The minimum Gasteiger partial charge on any atom is -0.311 e. The van der Waals surface area contributed by atoms with Gasteiger partial charge in [0.1, 0.15) is 0 Å². The van der Waals surface area contributed by atoms with Gasteiger partial charge in [0.15, 0.2) is 0 Å². The van der Waals surface area contributed by atoms with Crippen molar-refractivity contribution in [1.29, 1.82) is 0 Å². The van der Waals surface area contributed by atoms with E-state index in [2.05, 4.69) is 137 Å². The molecule has 0 atom stereocenters. The first-order valence-electron chi connectivity index (χ1n) is 23.7. The molecule has 0 N–H and O–H groups in total. The van der Waals surface area contributed by atoms with Gasteiger partial charge in [-0.1, -0.05) is 103 Å². The van der Waals surface area contributed by atoms with Crippen molar-refractivity contribution in [2.45, 2.75) is 103 Å². The van der Waals surface area contributed by atoms with Crippen molar-refractivity contribution in [3.05, 3.63) is 172 Å². The van der Waals surface area contributed by atoms with Crippen LogP contribution in [0.25, 0.3) is 22.3 Å². The summed E-state index contributed by atoms with van der Waals surface area (Å²) in [5.74, 6) is 0. The topological polar surface area (TPSA) is 6.48 Å². The second-order valence-corrected chi connectivity index (χ2v) is 18.9. The van der Waals surface area contributed by atoms with Crippen molar-refractivity contribution in [2.24, 2.45) is 0 Å². The molecule has 13 rings (SSSR count). The highest BCUT2D eigenvalue weighted by atomic mass is 15.2. The Balaban J connectivity index is 1.15. The van der Waals surface area contributed by atoms with Crippen molar-refractivity contribution in [3.8, 4) is 22.3 Å². The van der Waals surface area contributed by atoms with Gasteiger partial charge in [0.2, 0.25) is 0 Å². The van der Waals surface area contributed by atoms with Crippen LogP contribution in [-0.4, -0.2) is 6.71 Å². The molecule has 0 spiro atoms. The standard InChI is InChI=1S/C58H53BN2/c1-3-16-38(17-4-1)40-30-32-52-50(36-40)59-51-37-41(39-18-5-2-6-19-39)31-33-53(51)61(58-48-26-13-9-22-44(48)35-45-23-10-14-27-49(45)58)55-29-15-28-54(56(55)59)60(52)57-46-24-11-7-20-42(46)34-43-21-8-12-25-47(43)57/h1-6,15-19,28-37H,7-14,20-27H2. The number of benzene rings is 7. The van der Waals surface area contributed by atoms with Crippen LogP contribution in [0.3, 0.4) is 0 Å². The molecule has 7 aromatic rings. The van der Waals surface area contributed by atoms with Gasteiger partial charge in [-0.2, -0.15) is 0 Å². The maximum Gasteiger partial charge on any atom is 0.252 e. The molecule has 2 nitrogen and oxygen atoms in total. The second kappa shape index (κ2) is 14.4. The molecule has 4 aliphatic carbocycles. The Labute approximate surface area is 362 Å². The first-order chi connectivity index (χ1) is 30.3. The molecule has 0 radical (unpaired) electrons. The van der Waals surface area contributed by atoms with Gasteiger partial charge in [-0.05, 0) is 210 Å². The summed E-state index contributed by atoms with van der Waals surface area (Å²) < 4.78 is 0. The van der Waals surface area contributed by atoms with Crippen molar-refractivity contribution in [3.63, 3.8) is 0 Å². The first kappa shape index (κ1) is 35.9. The Morgan fingerprint density at radius 3 is 1.08 bits per heavy atom. The molecular formula is C58H53BN2. The Bertz CT molecular complexity index is 2630. The van der Waals surface area contributed by atoms with E-state index >= 15 is 0 Å². The summed E-state index contributed by atoms with van der Waals surface area (Å²) in [5, 5.41) is 0. The summed E-state index contributed by atoms with van der Waals surface area (Å²) in [6, 6.07) is 49.9. The van der Waals surface area contributed by atoms with Crippen molar-refractivity contribution < 1.29 is 0 Å². The Hall–Kier alpha value is -5.80. The minimum atomic E-state index is 0.0850. The lowest BCUT2D eigenvalue weighted by Gasteiger charge is -2.47. The molecule has 0 fully saturated rings. The molecule has 2 aliphatic heterocycles. The average Bonchev–Trinajstić information content (AvgIpc) is 3.33. The van der Waals surface area contributed by atoms with Crippen LogP contribution in [0.4, 0.5) is 34.1 Å². The van der Waals surface area contributed by atoms with Crippen LogP contribution in [0.15, 0.2) is 127 Å². The van der Waals surface area contributed by atoms with Crippen molar-refractivity contribution in [2.75, 3.05) is 9.80 Å². The van der Waals surface area contributed by atoms with Gasteiger partial charge in [0.05, 0.1) is 11.4 Å². The number of fused-ring (bicyclic) bond motifs is 8. The molecule has 0 unspecified atom stereocenters. The molecule has 298 valence electrons. The van der Waals surface area contributed by atoms with E-state index in [0.717, 1.165) is 0 Å². The van der Waals surface area contributed by atoms with E-state index in [1.165, 1.54) is 175 Å². The number of anilines is 6. The van der Waals surface area contributed by atoms with E-state index in [4.69, 9.17) is 0 Å². The third-order valence-corrected chi connectivity index (χ3v) is 15.5. The van der Waals surface area contributed by atoms with Crippen molar-refractivity contribution >= 4 is 57.2 Å². The molecule has 0 bridgehead atoms. The normalized spacial score (nSPS) is 17.0. The van der Waals surface area contributed by atoms with Crippen molar-refractivity contribution in [1.82, 2.24) is 0 Å². The molecule has 2 heterocycles. The lowest BCUT2D eigenvalue weighted by molar-refractivity contribution is 0.658. The van der Waals surface area contributed by atoms with Gasteiger partial charge in [-0.15, -0.1) is 0 Å². The molecular weight excluding hydrogens is 735 g/mol. The fourth-order valence-electron chi connectivity index (χ4n) is 12.8. The van der Waals surface area contributed by atoms with Gasteiger partial charge >= 0.3 is 0 Å². The summed E-state index contributed by atoms with van der Waals surface area (Å²) in [6.45, 7) is 0.0850. The largest absolute Gasteiger partial charge is 0.311 e. The minimum absolute atomic E-state index is 0.0850. The fourth-order valence-corrected chi connectivity index (χ4v) is 12.8. The highest BCUT2D eigenvalue weighted by Crippen LogP contribution is 2.51. The van der Waals surface area contributed by atoms with E-state index < -0.39 is 0 Å². The molecule has 3 heteroatoms. The van der Waals surface area contributed by atoms with E-state index in [-0.39, 0.29) is 6.71 Å². The quantitative estimate of drug-likeness (QED) is 0.164. The maximum atomic E-state index is 2.81. The Morgan fingerprint density at radius 2 is 0.689 bits per heavy atom. The monoisotopic (exact) mass is 788 g/mol. The van der Waals surface area contributed by atoms with Crippen LogP contribution < -0.4 is 26.2 Å². The molecule has 0 aromatic heterocycles. The molecule has 0 saturated heterocycles. The highest BCUT2D eigenvalue weighted by Gasteiger charge is 2.45. The van der Waals surface area contributed by atoms with Gasteiger partial charge in [-0.25, -0.2) is 0 Å². The molecule has 0 saturated carbocycles. The number of hydrogen-bond acceptors (Lipinski definition) is 2. The molecule has 0 amide bonds. The number of rotatable bonds is 4. The highest BCUT2D eigenvalue weighted by molar-refractivity contribution is 7.00. The second-order valence-electron chi connectivity index (χ2n) is 18.9. The first-order valence-corrected chi connectivity index (χ1v) is 23.7. The third-order valence-electron chi connectivity index (χ3n) is 15.5. The lowest BCUT2D eigenvalue weighted by Crippen LogP contribution is -2.61. The van der Waals surface area contributed by atoms with Crippen LogP contribution in [-0.2, 0) is 51.4 Å². The van der Waals surface area contributed by atoms with Crippen LogP contribution >= 0.6 is 0 Å². The van der Waals surface area contributed by atoms with Crippen LogP contribution in [0.2, 0.25) is 0 Å². The summed E-state index contributed by atoms with van der Waals surface area (Å²) in [6.07, 6.45) is 19.8. The fraction of sp³-hybridized carbons (Fsp3) is 0.276. The predicted octanol–water partition coefficient (Wildman–Crippen LogP) is 12.6. The Kier molecular flexibility index (Phi) is 8.48. The van der Waals surface area contributed by atoms with Crippen LogP contribution in [0, 0.1) is 0 Å².